The Hall–Kier alpha value is -1.28. The van der Waals surface area contributed by atoms with Gasteiger partial charge < -0.3 is 5.32 Å². The third kappa shape index (κ3) is 1.55. The maximum absolute atomic E-state index is 3.42. The van der Waals surface area contributed by atoms with E-state index in [9.17, 15) is 0 Å². The van der Waals surface area contributed by atoms with Crippen molar-refractivity contribution in [2.24, 2.45) is 0 Å². The first-order valence-corrected chi connectivity index (χ1v) is 6.13. The summed E-state index contributed by atoms with van der Waals surface area (Å²) in [5.74, 6) is 0. The van der Waals surface area contributed by atoms with Crippen LogP contribution in [0.2, 0.25) is 0 Å². The SMILES string of the molecule is Cc1cc(-c2ccc3c(c2)NCC3)cs1. The molecule has 15 heavy (non-hydrogen) atoms. The Bertz CT molecular complexity index is 499. The minimum atomic E-state index is 1.08. The van der Waals surface area contributed by atoms with E-state index in [0.29, 0.717) is 0 Å². The van der Waals surface area contributed by atoms with Gasteiger partial charge in [-0.05, 0) is 47.5 Å². The molecule has 0 spiro atoms. The van der Waals surface area contributed by atoms with Gasteiger partial charge in [-0.1, -0.05) is 12.1 Å². The molecule has 2 heteroatoms. The van der Waals surface area contributed by atoms with Crippen molar-refractivity contribution in [3.8, 4) is 11.1 Å². The van der Waals surface area contributed by atoms with Crippen LogP contribution in [0.4, 0.5) is 5.69 Å². The normalized spacial score (nSPS) is 13.7. The second-order valence-electron chi connectivity index (χ2n) is 3.99. The second kappa shape index (κ2) is 3.38. The zero-order valence-electron chi connectivity index (χ0n) is 8.71. The third-order valence-electron chi connectivity index (χ3n) is 2.88. The van der Waals surface area contributed by atoms with Gasteiger partial charge in [0, 0.05) is 17.1 Å². The third-order valence-corrected chi connectivity index (χ3v) is 3.74. The van der Waals surface area contributed by atoms with Crippen LogP contribution in [0.5, 0.6) is 0 Å². The Balaban J connectivity index is 2.06. The van der Waals surface area contributed by atoms with Gasteiger partial charge in [0.2, 0.25) is 0 Å². The molecular formula is C13H13NS. The zero-order valence-corrected chi connectivity index (χ0v) is 9.53. The van der Waals surface area contributed by atoms with Crippen LogP contribution in [-0.2, 0) is 6.42 Å². The highest BCUT2D eigenvalue weighted by Gasteiger charge is 2.10. The molecule has 3 rings (SSSR count). The van der Waals surface area contributed by atoms with Gasteiger partial charge in [0.25, 0.3) is 0 Å². The number of benzene rings is 1. The fraction of sp³-hybridized carbons (Fsp3) is 0.231. The van der Waals surface area contributed by atoms with Crippen molar-refractivity contribution in [1.82, 2.24) is 0 Å². The minimum Gasteiger partial charge on any atom is -0.384 e. The predicted molar refractivity (Wildman–Crippen MR) is 66.7 cm³/mol. The monoisotopic (exact) mass is 215 g/mol. The molecule has 0 unspecified atom stereocenters. The zero-order chi connectivity index (χ0) is 10.3. The number of hydrogen-bond acceptors (Lipinski definition) is 2. The molecule has 0 fully saturated rings. The van der Waals surface area contributed by atoms with E-state index in [2.05, 4.69) is 41.9 Å². The number of aryl methyl sites for hydroxylation is 1. The van der Waals surface area contributed by atoms with Crippen LogP contribution in [0, 0.1) is 6.92 Å². The molecule has 2 heterocycles. The van der Waals surface area contributed by atoms with E-state index in [4.69, 9.17) is 0 Å². The maximum atomic E-state index is 3.42. The first kappa shape index (κ1) is 8.98. The van der Waals surface area contributed by atoms with Crippen LogP contribution < -0.4 is 5.32 Å². The van der Waals surface area contributed by atoms with Crippen LogP contribution in [0.25, 0.3) is 11.1 Å². The van der Waals surface area contributed by atoms with Crippen molar-refractivity contribution < 1.29 is 0 Å². The van der Waals surface area contributed by atoms with Crippen molar-refractivity contribution in [3.63, 3.8) is 0 Å². The first-order chi connectivity index (χ1) is 7.33. The van der Waals surface area contributed by atoms with Crippen molar-refractivity contribution in [2.75, 3.05) is 11.9 Å². The van der Waals surface area contributed by atoms with Crippen molar-refractivity contribution >= 4 is 17.0 Å². The largest absolute Gasteiger partial charge is 0.384 e. The molecule has 1 aromatic heterocycles. The predicted octanol–water partition coefficient (Wildman–Crippen LogP) is 3.69. The lowest BCUT2D eigenvalue weighted by molar-refractivity contribution is 1.11. The maximum Gasteiger partial charge on any atom is 0.0379 e. The van der Waals surface area contributed by atoms with Crippen LogP contribution in [-0.4, -0.2) is 6.54 Å². The summed E-state index contributed by atoms with van der Waals surface area (Å²) in [6.07, 6.45) is 1.16. The molecule has 0 amide bonds. The van der Waals surface area contributed by atoms with E-state index in [1.54, 1.807) is 0 Å². The number of hydrogen-bond donors (Lipinski definition) is 1. The average molecular weight is 215 g/mol. The van der Waals surface area contributed by atoms with Crippen molar-refractivity contribution in [3.05, 3.63) is 40.1 Å². The highest BCUT2D eigenvalue weighted by Crippen LogP contribution is 2.31. The number of thiophene rings is 1. The molecular weight excluding hydrogens is 202 g/mol. The van der Waals surface area contributed by atoms with Crippen molar-refractivity contribution in [2.45, 2.75) is 13.3 Å². The Morgan fingerprint density at radius 3 is 2.93 bits per heavy atom. The van der Waals surface area contributed by atoms with Crippen LogP contribution in [0.1, 0.15) is 10.4 Å². The fourth-order valence-corrected chi connectivity index (χ4v) is 2.78. The first-order valence-electron chi connectivity index (χ1n) is 5.25. The van der Waals surface area contributed by atoms with Gasteiger partial charge in [-0.25, -0.2) is 0 Å². The number of anilines is 1. The minimum absolute atomic E-state index is 1.08. The smallest absolute Gasteiger partial charge is 0.0379 e. The molecule has 0 atom stereocenters. The van der Waals surface area contributed by atoms with Gasteiger partial charge >= 0.3 is 0 Å². The molecule has 1 aromatic carbocycles. The fourth-order valence-electron chi connectivity index (χ4n) is 2.07. The Labute approximate surface area is 93.8 Å². The summed E-state index contributed by atoms with van der Waals surface area (Å²) < 4.78 is 0. The Morgan fingerprint density at radius 1 is 1.20 bits per heavy atom. The van der Waals surface area contributed by atoms with Crippen molar-refractivity contribution in [1.29, 1.82) is 0 Å². The molecule has 0 bridgehead atoms. The second-order valence-corrected chi connectivity index (χ2v) is 5.11. The lowest BCUT2D eigenvalue weighted by Gasteiger charge is -2.03. The summed E-state index contributed by atoms with van der Waals surface area (Å²) in [5.41, 5.74) is 5.43. The molecule has 0 radical (unpaired) electrons. The van der Waals surface area contributed by atoms with Gasteiger partial charge in [0.1, 0.15) is 0 Å². The van der Waals surface area contributed by atoms with Crippen LogP contribution in [0.3, 0.4) is 0 Å². The molecule has 1 N–H and O–H groups in total. The molecule has 0 aliphatic carbocycles. The number of rotatable bonds is 1. The summed E-state index contributed by atoms with van der Waals surface area (Å²) in [7, 11) is 0. The van der Waals surface area contributed by atoms with Gasteiger partial charge in [-0.2, -0.15) is 0 Å². The average Bonchev–Trinajstić information content (AvgIpc) is 2.84. The van der Waals surface area contributed by atoms with Crippen LogP contribution >= 0.6 is 11.3 Å². The quantitative estimate of drug-likeness (QED) is 0.765. The Morgan fingerprint density at radius 2 is 2.13 bits per heavy atom. The molecule has 76 valence electrons. The molecule has 2 aromatic rings. The summed E-state index contributed by atoms with van der Waals surface area (Å²) in [4.78, 5) is 1.37. The van der Waals surface area contributed by atoms with Gasteiger partial charge in [0.05, 0.1) is 0 Å². The number of fused-ring (bicyclic) bond motifs is 1. The summed E-state index contributed by atoms with van der Waals surface area (Å²) >= 11 is 1.81. The Kier molecular flexibility index (Phi) is 2.03. The molecule has 1 aliphatic heterocycles. The van der Waals surface area contributed by atoms with Gasteiger partial charge in [-0.3, -0.25) is 0 Å². The van der Waals surface area contributed by atoms with E-state index in [1.807, 2.05) is 11.3 Å². The highest BCUT2D eigenvalue weighted by atomic mass is 32.1. The molecule has 1 aliphatic rings. The lowest BCUT2D eigenvalue weighted by Crippen LogP contribution is -1.90. The topological polar surface area (TPSA) is 12.0 Å². The van der Waals surface area contributed by atoms with E-state index in [-0.39, 0.29) is 0 Å². The standard InChI is InChI=1S/C13H13NS/c1-9-6-12(8-15-9)11-3-2-10-4-5-14-13(10)7-11/h2-3,6-8,14H,4-5H2,1H3. The molecule has 0 saturated carbocycles. The molecule has 1 nitrogen and oxygen atoms in total. The van der Waals surface area contributed by atoms with Crippen LogP contribution in [0.15, 0.2) is 29.6 Å². The summed E-state index contributed by atoms with van der Waals surface area (Å²) in [6, 6.07) is 9.00. The van der Waals surface area contributed by atoms with E-state index >= 15 is 0 Å². The number of nitrogens with one attached hydrogen (secondary N) is 1. The summed E-state index contributed by atoms with van der Waals surface area (Å²) in [5, 5.41) is 5.65. The van der Waals surface area contributed by atoms with E-state index in [0.717, 1.165) is 13.0 Å². The highest BCUT2D eigenvalue weighted by molar-refractivity contribution is 7.10. The van der Waals surface area contributed by atoms with E-state index in [1.165, 1.54) is 27.3 Å². The van der Waals surface area contributed by atoms with Gasteiger partial charge in [0.15, 0.2) is 0 Å². The van der Waals surface area contributed by atoms with E-state index < -0.39 is 0 Å². The molecule has 0 saturated heterocycles. The van der Waals surface area contributed by atoms with Gasteiger partial charge in [-0.15, -0.1) is 11.3 Å². The lowest BCUT2D eigenvalue weighted by atomic mass is 10.0. The summed E-state index contributed by atoms with van der Waals surface area (Å²) in [6.45, 7) is 3.24.